The molecule has 1 aromatic heterocycles. The van der Waals surface area contributed by atoms with Crippen LogP contribution in [-0.4, -0.2) is 45.5 Å². The average molecular weight is 357 g/mol. The topological polar surface area (TPSA) is 93.5 Å². The number of amides is 1. The van der Waals surface area contributed by atoms with Gasteiger partial charge in [0.1, 0.15) is 0 Å². The second kappa shape index (κ2) is 7.29. The summed E-state index contributed by atoms with van der Waals surface area (Å²) in [6.45, 7) is 4.80. The fourth-order valence-corrected chi connectivity index (χ4v) is 3.35. The monoisotopic (exact) mass is 357 g/mol. The molecule has 26 heavy (non-hydrogen) atoms. The first-order valence-electron chi connectivity index (χ1n) is 8.64. The minimum Gasteiger partial charge on any atom is -0.481 e. The summed E-state index contributed by atoms with van der Waals surface area (Å²) in [5, 5.41) is 16.6. The summed E-state index contributed by atoms with van der Waals surface area (Å²) in [7, 11) is 0. The molecule has 0 atom stereocenters. The molecule has 2 N–H and O–H groups in total. The van der Waals surface area contributed by atoms with Gasteiger partial charge in [0, 0.05) is 24.5 Å². The Labute approximate surface area is 152 Å². The van der Waals surface area contributed by atoms with Crippen molar-refractivity contribution < 1.29 is 19.4 Å². The highest BCUT2D eigenvalue weighted by Gasteiger charge is 2.36. The number of hydrogen-bond acceptors (Lipinski definition) is 4. The van der Waals surface area contributed by atoms with Gasteiger partial charge in [-0.05, 0) is 57.0 Å². The van der Waals surface area contributed by atoms with Crippen molar-refractivity contribution in [2.75, 3.05) is 13.2 Å². The van der Waals surface area contributed by atoms with Crippen LogP contribution in [0.1, 0.15) is 41.0 Å². The largest absolute Gasteiger partial charge is 0.481 e. The summed E-state index contributed by atoms with van der Waals surface area (Å²) in [4.78, 5) is 23.9. The lowest BCUT2D eigenvalue weighted by molar-refractivity contribution is -0.139. The predicted molar refractivity (Wildman–Crippen MR) is 95.5 cm³/mol. The molecule has 1 aromatic carbocycles. The van der Waals surface area contributed by atoms with Crippen LogP contribution in [-0.2, 0) is 9.53 Å². The number of nitrogens with zero attached hydrogens (tertiary/aromatic N) is 2. The highest BCUT2D eigenvalue weighted by molar-refractivity contribution is 5.95. The molecule has 1 amide bonds. The van der Waals surface area contributed by atoms with Gasteiger partial charge in [-0.2, -0.15) is 5.10 Å². The number of ether oxygens (including phenoxy) is 1. The quantitative estimate of drug-likeness (QED) is 0.856. The molecule has 138 valence electrons. The number of carbonyl (C=O) groups is 2. The normalized spacial score (nSPS) is 16.2. The van der Waals surface area contributed by atoms with Crippen molar-refractivity contribution in [3.8, 4) is 5.69 Å². The molecule has 0 spiro atoms. The van der Waals surface area contributed by atoms with Crippen molar-refractivity contribution >= 4 is 11.9 Å². The van der Waals surface area contributed by atoms with E-state index in [-0.39, 0.29) is 12.3 Å². The van der Waals surface area contributed by atoms with Crippen LogP contribution in [0, 0.1) is 13.8 Å². The minimum absolute atomic E-state index is 0.105. The van der Waals surface area contributed by atoms with E-state index in [0.29, 0.717) is 31.6 Å². The van der Waals surface area contributed by atoms with Gasteiger partial charge in [0.2, 0.25) is 0 Å². The first-order chi connectivity index (χ1) is 12.4. The van der Waals surface area contributed by atoms with Gasteiger partial charge in [0.05, 0.1) is 23.3 Å². The average Bonchev–Trinajstić information content (AvgIpc) is 2.93. The Balaban J connectivity index is 1.76. The van der Waals surface area contributed by atoms with Gasteiger partial charge >= 0.3 is 5.97 Å². The number of hydrogen-bond donors (Lipinski definition) is 2. The highest BCUT2D eigenvalue weighted by Crippen LogP contribution is 2.25. The zero-order chi connectivity index (χ0) is 18.7. The molecular weight excluding hydrogens is 334 g/mol. The summed E-state index contributed by atoms with van der Waals surface area (Å²) in [6.07, 6.45) is 0.885. The molecule has 0 bridgehead atoms. The SMILES string of the molecule is Cc1cc(C)n(-c2ccc(C(=O)NC3(CC(=O)O)CCOCC3)cc2)n1. The maximum absolute atomic E-state index is 12.7. The lowest BCUT2D eigenvalue weighted by atomic mass is 9.86. The Kier molecular flexibility index (Phi) is 5.08. The van der Waals surface area contributed by atoms with Crippen LogP contribution in [0.4, 0.5) is 0 Å². The second-order valence-corrected chi connectivity index (χ2v) is 6.80. The Morgan fingerprint density at radius 1 is 1.23 bits per heavy atom. The van der Waals surface area contributed by atoms with E-state index in [9.17, 15) is 14.7 Å². The zero-order valence-electron chi connectivity index (χ0n) is 15.0. The van der Waals surface area contributed by atoms with Crippen LogP contribution in [0.25, 0.3) is 5.69 Å². The number of carbonyl (C=O) groups excluding carboxylic acids is 1. The molecular formula is C19H23N3O4. The van der Waals surface area contributed by atoms with E-state index < -0.39 is 11.5 Å². The van der Waals surface area contributed by atoms with E-state index in [2.05, 4.69) is 10.4 Å². The lowest BCUT2D eigenvalue weighted by Gasteiger charge is -2.36. The van der Waals surface area contributed by atoms with Crippen LogP contribution in [0.3, 0.4) is 0 Å². The van der Waals surface area contributed by atoms with Crippen molar-refractivity contribution in [1.29, 1.82) is 0 Å². The molecule has 1 aliphatic heterocycles. The fourth-order valence-electron chi connectivity index (χ4n) is 3.35. The van der Waals surface area contributed by atoms with Crippen molar-refractivity contribution in [2.45, 2.75) is 38.6 Å². The molecule has 1 fully saturated rings. The summed E-state index contributed by atoms with van der Waals surface area (Å²) < 4.78 is 7.14. The van der Waals surface area contributed by atoms with E-state index in [1.165, 1.54) is 0 Å². The Morgan fingerprint density at radius 2 is 1.88 bits per heavy atom. The van der Waals surface area contributed by atoms with Crippen molar-refractivity contribution in [2.24, 2.45) is 0 Å². The van der Waals surface area contributed by atoms with E-state index in [4.69, 9.17) is 4.74 Å². The lowest BCUT2D eigenvalue weighted by Crippen LogP contribution is -2.53. The van der Waals surface area contributed by atoms with Gasteiger partial charge in [-0.25, -0.2) is 4.68 Å². The molecule has 7 heteroatoms. The fraction of sp³-hybridized carbons (Fsp3) is 0.421. The summed E-state index contributed by atoms with van der Waals surface area (Å²) in [5.74, 6) is -1.19. The summed E-state index contributed by atoms with van der Waals surface area (Å²) in [6, 6.07) is 9.12. The van der Waals surface area contributed by atoms with E-state index in [1.54, 1.807) is 12.1 Å². The number of aromatic nitrogens is 2. The molecule has 3 rings (SSSR count). The van der Waals surface area contributed by atoms with Gasteiger partial charge in [-0.1, -0.05) is 0 Å². The van der Waals surface area contributed by atoms with Gasteiger partial charge in [0.15, 0.2) is 0 Å². The summed E-state index contributed by atoms with van der Waals surface area (Å²) >= 11 is 0. The third kappa shape index (κ3) is 3.94. The maximum atomic E-state index is 12.7. The van der Waals surface area contributed by atoms with Crippen molar-refractivity contribution in [3.63, 3.8) is 0 Å². The molecule has 0 saturated carbocycles. The van der Waals surface area contributed by atoms with Gasteiger partial charge in [0.25, 0.3) is 5.91 Å². The van der Waals surface area contributed by atoms with Crippen LogP contribution in [0.15, 0.2) is 30.3 Å². The van der Waals surface area contributed by atoms with Gasteiger partial charge in [-0.3, -0.25) is 9.59 Å². The molecule has 7 nitrogen and oxygen atoms in total. The van der Waals surface area contributed by atoms with Crippen LogP contribution in [0.2, 0.25) is 0 Å². The molecule has 0 unspecified atom stereocenters. The first-order valence-corrected chi connectivity index (χ1v) is 8.64. The Morgan fingerprint density at radius 3 is 2.42 bits per heavy atom. The van der Waals surface area contributed by atoms with Gasteiger partial charge < -0.3 is 15.2 Å². The van der Waals surface area contributed by atoms with E-state index in [1.807, 2.05) is 36.7 Å². The minimum atomic E-state index is -0.924. The number of benzene rings is 1. The third-order valence-electron chi connectivity index (χ3n) is 4.70. The number of aliphatic carboxylic acids is 1. The van der Waals surface area contributed by atoms with Crippen LogP contribution >= 0.6 is 0 Å². The number of nitrogens with one attached hydrogen (secondary N) is 1. The predicted octanol–water partition coefficient (Wildman–Crippen LogP) is 2.24. The van der Waals surface area contributed by atoms with Crippen LogP contribution < -0.4 is 5.32 Å². The number of carboxylic acid groups (broad SMARTS) is 1. The van der Waals surface area contributed by atoms with Crippen LogP contribution in [0.5, 0.6) is 0 Å². The van der Waals surface area contributed by atoms with Crippen molar-refractivity contribution in [1.82, 2.24) is 15.1 Å². The van der Waals surface area contributed by atoms with Gasteiger partial charge in [-0.15, -0.1) is 0 Å². The zero-order valence-corrected chi connectivity index (χ0v) is 15.0. The third-order valence-corrected chi connectivity index (χ3v) is 4.70. The van der Waals surface area contributed by atoms with Crippen molar-refractivity contribution in [3.05, 3.63) is 47.3 Å². The van der Waals surface area contributed by atoms with E-state index >= 15 is 0 Å². The highest BCUT2D eigenvalue weighted by atomic mass is 16.5. The summed E-state index contributed by atoms with van der Waals surface area (Å²) in [5.41, 5.74) is 2.56. The number of carboxylic acids is 1. The molecule has 2 heterocycles. The molecule has 1 aliphatic rings. The Hall–Kier alpha value is -2.67. The smallest absolute Gasteiger partial charge is 0.305 e. The molecule has 2 aromatic rings. The standard InChI is InChI=1S/C19H23N3O4/c1-13-11-14(2)22(21-13)16-5-3-15(4-6-16)18(25)20-19(12-17(23)24)7-9-26-10-8-19/h3-6,11H,7-10,12H2,1-2H3,(H,20,25)(H,23,24). The number of rotatable bonds is 5. The number of aryl methyl sites for hydroxylation is 2. The second-order valence-electron chi connectivity index (χ2n) is 6.80. The molecule has 0 radical (unpaired) electrons. The maximum Gasteiger partial charge on any atom is 0.305 e. The molecule has 1 saturated heterocycles. The molecule has 0 aliphatic carbocycles. The van der Waals surface area contributed by atoms with E-state index in [0.717, 1.165) is 17.1 Å². The Bertz CT molecular complexity index is 805. The first kappa shape index (κ1) is 18.1.